The number of tetrazole rings is 1. The average Bonchev–Trinajstić information content (AvgIpc) is 3.40. The number of aromatic amines is 1. The summed E-state index contributed by atoms with van der Waals surface area (Å²) in [5.74, 6) is -0.505. The van der Waals surface area contributed by atoms with Crippen molar-refractivity contribution < 1.29 is 19.1 Å². The molecule has 9 nitrogen and oxygen atoms in total. The van der Waals surface area contributed by atoms with Crippen LogP contribution in [0.25, 0.3) is 22.5 Å². The van der Waals surface area contributed by atoms with Crippen molar-refractivity contribution in [2.45, 2.75) is 13.3 Å². The highest BCUT2D eigenvalue weighted by molar-refractivity contribution is 5.82. The molecule has 0 bridgehead atoms. The van der Waals surface area contributed by atoms with Crippen LogP contribution in [0.5, 0.6) is 5.88 Å². The van der Waals surface area contributed by atoms with Crippen molar-refractivity contribution in [1.82, 2.24) is 25.6 Å². The van der Waals surface area contributed by atoms with Crippen molar-refractivity contribution in [3.63, 3.8) is 0 Å². The molecule has 0 aliphatic heterocycles. The molecular weight excluding hydrogens is 374 g/mol. The molecule has 4 aromatic rings. The maximum absolute atomic E-state index is 11.1. The maximum atomic E-state index is 11.1. The van der Waals surface area contributed by atoms with Crippen molar-refractivity contribution in [3.8, 4) is 28.4 Å². The predicted molar refractivity (Wildman–Crippen MR) is 102 cm³/mol. The van der Waals surface area contributed by atoms with Gasteiger partial charge in [0.2, 0.25) is 5.82 Å². The van der Waals surface area contributed by atoms with Gasteiger partial charge in [-0.1, -0.05) is 48.5 Å². The fraction of sp³-hybridized carbons (Fsp3) is 0.150. The predicted octanol–water partition coefficient (Wildman–Crippen LogP) is 3.21. The van der Waals surface area contributed by atoms with Crippen molar-refractivity contribution in [1.29, 1.82) is 0 Å². The number of H-pyrrole nitrogens is 1. The molecule has 2 N–H and O–H groups in total. The summed E-state index contributed by atoms with van der Waals surface area (Å²) in [7, 11) is 0. The number of rotatable bonds is 7. The number of hydrogen-bond acceptors (Lipinski definition) is 7. The first-order valence-corrected chi connectivity index (χ1v) is 8.93. The highest BCUT2D eigenvalue weighted by Crippen LogP contribution is 2.30. The van der Waals surface area contributed by atoms with Crippen LogP contribution in [0, 0.1) is 0 Å². The number of carboxylic acids is 1. The summed E-state index contributed by atoms with van der Waals surface area (Å²) in [6, 6.07) is 15.6. The maximum Gasteiger partial charge on any atom is 0.392 e. The van der Waals surface area contributed by atoms with Crippen molar-refractivity contribution in [3.05, 3.63) is 65.7 Å². The van der Waals surface area contributed by atoms with E-state index in [4.69, 9.17) is 14.3 Å². The first-order valence-electron chi connectivity index (χ1n) is 8.93. The van der Waals surface area contributed by atoms with Gasteiger partial charge >= 0.3 is 11.9 Å². The van der Waals surface area contributed by atoms with E-state index < -0.39 is 5.97 Å². The van der Waals surface area contributed by atoms with E-state index in [0.717, 1.165) is 22.3 Å². The molecule has 2 aromatic carbocycles. The zero-order chi connectivity index (χ0) is 20.2. The molecule has 0 unspecified atom stereocenters. The molecule has 4 rings (SSSR count). The standard InChI is InChI=1S/C20H17N5O4/c1-2-28-18-16(29-19(21-18)20(26)27)11-12-7-9-13(10-8-12)14-5-3-4-6-15(14)17-22-24-25-23-17/h3-10H,2,11H2,1H3,(H,26,27)(H,22,23,24,25). The summed E-state index contributed by atoms with van der Waals surface area (Å²) in [5, 5.41) is 23.3. The molecule has 0 saturated carbocycles. The van der Waals surface area contributed by atoms with Crippen LogP contribution in [0.2, 0.25) is 0 Å². The molecule has 146 valence electrons. The Morgan fingerprint density at radius 1 is 1.14 bits per heavy atom. The molecule has 0 aliphatic carbocycles. The minimum Gasteiger partial charge on any atom is -0.475 e. The summed E-state index contributed by atoms with van der Waals surface area (Å²) < 4.78 is 10.8. The minimum absolute atomic E-state index is 0.205. The van der Waals surface area contributed by atoms with Crippen molar-refractivity contribution in [2.75, 3.05) is 6.61 Å². The third kappa shape index (κ3) is 3.84. The number of ether oxygens (including phenoxy) is 1. The summed E-state index contributed by atoms with van der Waals surface area (Å²) >= 11 is 0. The molecule has 9 heteroatoms. The lowest BCUT2D eigenvalue weighted by Gasteiger charge is -2.08. The van der Waals surface area contributed by atoms with E-state index >= 15 is 0 Å². The van der Waals surface area contributed by atoms with E-state index in [-0.39, 0.29) is 11.8 Å². The summed E-state index contributed by atoms with van der Waals surface area (Å²) in [6.07, 6.45) is 0.363. The zero-order valence-electron chi connectivity index (χ0n) is 15.5. The van der Waals surface area contributed by atoms with Crippen LogP contribution in [0.4, 0.5) is 0 Å². The van der Waals surface area contributed by atoms with Crippen LogP contribution in [-0.4, -0.2) is 43.3 Å². The Bertz CT molecular complexity index is 1120. The van der Waals surface area contributed by atoms with Crippen LogP contribution in [0.3, 0.4) is 0 Å². The smallest absolute Gasteiger partial charge is 0.392 e. The number of benzene rings is 2. The number of aromatic carboxylic acids is 1. The highest BCUT2D eigenvalue weighted by Gasteiger charge is 2.19. The third-order valence-electron chi connectivity index (χ3n) is 4.27. The Hall–Kier alpha value is -4.01. The van der Waals surface area contributed by atoms with Crippen LogP contribution in [-0.2, 0) is 6.42 Å². The monoisotopic (exact) mass is 391 g/mol. The molecule has 29 heavy (non-hydrogen) atoms. The molecule has 0 saturated heterocycles. The Labute approximate surface area is 165 Å². The lowest BCUT2D eigenvalue weighted by molar-refractivity contribution is 0.0651. The number of hydrogen-bond donors (Lipinski definition) is 2. The summed E-state index contributed by atoms with van der Waals surface area (Å²) in [6.45, 7) is 2.17. The van der Waals surface area contributed by atoms with Crippen LogP contribution >= 0.6 is 0 Å². The summed E-state index contributed by atoms with van der Waals surface area (Å²) in [5.41, 5.74) is 3.76. The van der Waals surface area contributed by atoms with Crippen molar-refractivity contribution in [2.24, 2.45) is 0 Å². The van der Waals surface area contributed by atoms with Crippen LogP contribution in [0.1, 0.15) is 28.9 Å². The molecule has 0 aliphatic rings. The molecule has 0 amide bonds. The van der Waals surface area contributed by atoms with Gasteiger partial charge in [0.1, 0.15) is 0 Å². The van der Waals surface area contributed by atoms with E-state index in [2.05, 4.69) is 25.6 Å². The summed E-state index contributed by atoms with van der Waals surface area (Å²) in [4.78, 5) is 15.0. The van der Waals surface area contributed by atoms with E-state index in [0.29, 0.717) is 24.6 Å². The van der Waals surface area contributed by atoms with Gasteiger partial charge in [0.05, 0.1) is 6.61 Å². The third-order valence-corrected chi connectivity index (χ3v) is 4.27. The first kappa shape index (κ1) is 18.4. The number of carbonyl (C=O) groups is 1. The van der Waals surface area contributed by atoms with Gasteiger partial charge in [0.25, 0.3) is 5.88 Å². The molecular formula is C20H17N5O4. The van der Waals surface area contributed by atoms with E-state index in [1.165, 1.54) is 0 Å². The quantitative estimate of drug-likeness (QED) is 0.492. The van der Waals surface area contributed by atoms with Gasteiger partial charge in [-0.2, -0.15) is 10.2 Å². The SMILES string of the molecule is CCOc1nc(C(=O)O)oc1Cc1ccc(-c2ccccc2-c2nn[nH]n2)cc1. The normalized spacial score (nSPS) is 10.8. The van der Waals surface area contributed by atoms with Crippen molar-refractivity contribution >= 4 is 5.97 Å². The number of nitrogens with one attached hydrogen (secondary N) is 1. The second-order valence-corrected chi connectivity index (χ2v) is 6.14. The van der Waals surface area contributed by atoms with E-state index in [9.17, 15) is 4.79 Å². The Kier molecular flexibility index (Phi) is 5.02. The van der Waals surface area contributed by atoms with E-state index in [1.54, 1.807) is 6.92 Å². The Balaban J connectivity index is 1.61. The van der Waals surface area contributed by atoms with Gasteiger partial charge in [0, 0.05) is 12.0 Å². The topological polar surface area (TPSA) is 127 Å². The van der Waals surface area contributed by atoms with Gasteiger partial charge in [-0.3, -0.25) is 0 Å². The Morgan fingerprint density at radius 2 is 1.90 bits per heavy atom. The number of oxazole rings is 1. The molecule has 0 fully saturated rings. The molecule has 2 aromatic heterocycles. The second kappa shape index (κ2) is 7.93. The van der Waals surface area contributed by atoms with Crippen LogP contribution < -0.4 is 4.74 Å². The van der Waals surface area contributed by atoms with Gasteiger partial charge in [0.15, 0.2) is 5.76 Å². The fourth-order valence-corrected chi connectivity index (χ4v) is 2.98. The molecule has 0 atom stereocenters. The minimum atomic E-state index is -1.23. The lowest BCUT2D eigenvalue weighted by Crippen LogP contribution is -1.97. The molecule has 2 heterocycles. The van der Waals surface area contributed by atoms with Crippen LogP contribution in [0.15, 0.2) is 52.9 Å². The van der Waals surface area contributed by atoms with Gasteiger partial charge in [-0.15, -0.1) is 10.2 Å². The number of carboxylic acid groups (broad SMARTS) is 1. The largest absolute Gasteiger partial charge is 0.475 e. The lowest BCUT2D eigenvalue weighted by atomic mass is 9.97. The van der Waals surface area contributed by atoms with Gasteiger partial charge in [-0.05, 0) is 28.8 Å². The second-order valence-electron chi connectivity index (χ2n) is 6.14. The van der Waals surface area contributed by atoms with Gasteiger partial charge < -0.3 is 14.3 Å². The van der Waals surface area contributed by atoms with Gasteiger partial charge in [-0.25, -0.2) is 4.79 Å². The highest BCUT2D eigenvalue weighted by atomic mass is 16.5. The average molecular weight is 391 g/mol. The fourth-order valence-electron chi connectivity index (χ4n) is 2.98. The zero-order valence-corrected chi connectivity index (χ0v) is 15.5. The number of aromatic nitrogens is 5. The molecule has 0 radical (unpaired) electrons. The first-order chi connectivity index (χ1) is 14.2. The van der Waals surface area contributed by atoms with E-state index in [1.807, 2.05) is 48.5 Å². The molecule has 0 spiro atoms. The number of nitrogens with zero attached hydrogens (tertiary/aromatic N) is 4. The Morgan fingerprint density at radius 3 is 2.55 bits per heavy atom.